The van der Waals surface area contributed by atoms with Crippen LogP contribution in [0.2, 0.25) is 0 Å². The fraction of sp³-hybridized carbons (Fsp3) is 0.111. The summed E-state index contributed by atoms with van der Waals surface area (Å²) < 4.78 is 2.02. The molecule has 0 bridgehead atoms. The van der Waals surface area contributed by atoms with E-state index in [4.69, 9.17) is 5.26 Å². The van der Waals surface area contributed by atoms with Crippen molar-refractivity contribution in [3.05, 3.63) is 66.4 Å². The third-order valence-electron chi connectivity index (χ3n) is 3.53. The van der Waals surface area contributed by atoms with E-state index in [9.17, 15) is 4.79 Å². The summed E-state index contributed by atoms with van der Waals surface area (Å²) >= 11 is 0. The molecule has 3 heteroatoms. The topological polar surface area (TPSA) is 45.8 Å². The zero-order chi connectivity index (χ0) is 14.7. The molecule has 0 unspecified atom stereocenters. The average Bonchev–Trinajstić information content (AvgIpc) is 2.96. The number of Topliss-reactive ketones (excluding diaryl/α,β-unsaturated/α-hetero) is 1. The van der Waals surface area contributed by atoms with Crippen molar-refractivity contribution in [1.82, 2.24) is 4.57 Å². The highest BCUT2D eigenvalue weighted by atomic mass is 16.1. The van der Waals surface area contributed by atoms with Crippen LogP contribution in [-0.2, 0) is 0 Å². The second-order valence-corrected chi connectivity index (χ2v) is 4.84. The minimum Gasteiger partial charge on any atom is -0.316 e. The first-order chi connectivity index (χ1) is 10.3. The van der Waals surface area contributed by atoms with E-state index in [1.807, 2.05) is 71.4 Å². The van der Waals surface area contributed by atoms with Gasteiger partial charge in [-0.05, 0) is 29.7 Å². The Balaban J connectivity index is 2.11. The number of nitrogens with zero attached hydrogens (tertiary/aromatic N) is 2. The maximum atomic E-state index is 12.3. The predicted molar refractivity (Wildman–Crippen MR) is 82.5 cm³/mol. The van der Waals surface area contributed by atoms with E-state index in [2.05, 4.69) is 0 Å². The van der Waals surface area contributed by atoms with Crippen molar-refractivity contribution in [2.45, 2.75) is 12.8 Å². The van der Waals surface area contributed by atoms with Gasteiger partial charge in [0.15, 0.2) is 5.78 Å². The molecule has 0 amide bonds. The molecule has 0 radical (unpaired) electrons. The summed E-state index contributed by atoms with van der Waals surface area (Å²) in [6, 6.07) is 19.7. The Morgan fingerprint density at radius 3 is 2.67 bits per heavy atom. The number of aromatic nitrogens is 1. The number of rotatable bonds is 4. The normalized spacial score (nSPS) is 10.4. The third kappa shape index (κ3) is 2.44. The van der Waals surface area contributed by atoms with Crippen LogP contribution in [-0.4, -0.2) is 10.4 Å². The zero-order valence-electron chi connectivity index (χ0n) is 11.5. The molecule has 0 aliphatic heterocycles. The van der Waals surface area contributed by atoms with E-state index in [-0.39, 0.29) is 18.6 Å². The fourth-order valence-electron chi connectivity index (χ4n) is 2.52. The van der Waals surface area contributed by atoms with Gasteiger partial charge in [0.05, 0.1) is 17.3 Å². The maximum absolute atomic E-state index is 12.3. The number of hydrogen-bond donors (Lipinski definition) is 0. The molecule has 0 N–H and O–H groups in total. The van der Waals surface area contributed by atoms with Crippen molar-refractivity contribution in [3.8, 4) is 11.8 Å². The van der Waals surface area contributed by atoms with Gasteiger partial charge in [0.25, 0.3) is 0 Å². The number of benzene rings is 2. The lowest BCUT2D eigenvalue weighted by atomic mass is 10.0. The van der Waals surface area contributed by atoms with E-state index < -0.39 is 0 Å². The molecule has 1 aromatic heterocycles. The second-order valence-electron chi connectivity index (χ2n) is 4.84. The van der Waals surface area contributed by atoms with Gasteiger partial charge in [0.1, 0.15) is 0 Å². The average molecular weight is 274 g/mol. The molecule has 102 valence electrons. The SMILES string of the molecule is N#CCCC(=O)c1ccccc1-n1ccc2ccccc21. The standard InChI is InChI=1S/C18H14N2O/c19-12-5-10-18(21)15-7-2-4-9-17(15)20-13-11-14-6-1-3-8-16(14)20/h1-4,6-9,11,13H,5,10H2. The molecule has 21 heavy (non-hydrogen) atoms. The number of carbonyl (C=O) groups is 1. The van der Waals surface area contributed by atoms with E-state index in [0.717, 1.165) is 16.6 Å². The lowest BCUT2D eigenvalue weighted by Crippen LogP contribution is -2.05. The highest BCUT2D eigenvalue weighted by molar-refractivity contribution is 6.00. The molecule has 3 rings (SSSR count). The van der Waals surface area contributed by atoms with Crippen molar-refractivity contribution < 1.29 is 4.79 Å². The van der Waals surface area contributed by atoms with Gasteiger partial charge in [0.2, 0.25) is 0 Å². The first-order valence-corrected chi connectivity index (χ1v) is 6.87. The molecule has 3 aromatic rings. The highest BCUT2D eigenvalue weighted by Gasteiger charge is 2.13. The molecule has 0 fully saturated rings. The van der Waals surface area contributed by atoms with Gasteiger partial charge in [-0.25, -0.2) is 0 Å². The molecule has 1 heterocycles. The van der Waals surface area contributed by atoms with E-state index in [1.165, 1.54) is 0 Å². The van der Waals surface area contributed by atoms with Crippen LogP contribution >= 0.6 is 0 Å². The maximum Gasteiger partial charge on any atom is 0.166 e. The van der Waals surface area contributed by atoms with Gasteiger partial charge in [-0.1, -0.05) is 30.3 Å². The Morgan fingerprint density at radius 2 is 1.81 bits per heavy atom. The molecular formula is C18H14N2O. The lowest BCUT2D eigenvalue weighted by Gasteiger charge is -2.10. The van der Waals surface area contributed by atoms with Crippen LogP contribution in [0.1, 0.15) is 23.2 Å². The largest absolute Gasteiger partial charge is 0.316 e. The van der Waals surface area contributed by atoms with E-state index in [1.54, 1.807) is 0 Å². The Labute approximate surface area is 123 Å². The summed E-state index contributed by atoms with van der Waals surface area (Å²) in [4.78, 5) is 12.3. The molecule has 3 nitrogen and oxygen atoms in total. The number of nitriles is 1. The molecule has 0 atom stereocenters. The van der Waals surface area contributed by atoms with Crippen molar-refractivity contribution in [2.75, 3.05) is 0 Å². The van der Waals surface area contributed by atoms with Crippen LogP contribution in [0.15, 0.2) is 60.8 Å². The molecule has 0 aliphatic rings. The summed E-state index contributed by atoms with van der Waals surface area (Å²) in [5.74, 6) is 0.00457. The highest BCUT2D eigenvalue weighted by Crippen LogP contribution is 2.23. The van der Waals surface area contributed by atoms with Crippen molar-refractivity contribution >= 4 is 16.7 Å². The molecule has 0 spiro atoms. The predicted octanol–water partition coefficient (Wildman–Crippen LogP) is 4.12. The van der Waals surface area contributed by atoms with Crippen LogP contribution < -0.4 is 0 Å². The number of hydrogen-bond acceptors (Lipinski definition) is 2. The first kappa shape index (κ1) is 13.1. The van der Waals surface area contributed by atoms with Gasteiger partial charge < -0.3 is 4.57 Å². The number of carbonyl (C=O) groups excluding carboxylic acids is 1. The van der Waals surface area contributed by atoms with Gasteiger partial charge in [-0.3, -0.25) is 4.79 Å². The summed E-state index contributed by atoms with van der Waals surface area (Å²) in [5.41, 5.74) is 2.59. The molecule has 0 aliphatic carbocycles. The second kappa shape index (κ2) is 5.64. The Morgan fingerprint density at radius 1 is 1.05 bits per heavy atom. The first-order valence-electron chi connectivity index (χ1n) is 6.87. The summed E-state index contributed by atoms with van der Waals surface area (Å²) in [5, 5.41) is 9.79. The summed E-state index contributed by atoms with van der Waals surface area (Å²) in [6.07, 6.45) is 2.48. The fourth-order valence-corrected chi connectivity index (χ4v) is 2.52. The van der Waals surface area contributed by atoms with Crippen molar-refractivity contribution in [3.63, 3.8) is 0 Å². The molecule has 0 saturated carbocycles. The zero-order valence-corrected chi connectivity index (χ0v) is 11.5. The van der Waals surface area contributed by atoms with Crippen LogP contribution in [0.5, 0.6) is 0 Å². The van der Waals surface area contributed by atoms with Crippen LogP contribution in [0, 0.1) is 11.3 Å². The van der Waals surface area contributed by atoms with Crippen LogP contribution in [0.25, 0.3) is 16.6 Å². The van der Waals surface area contributed by atoms with Crippen molar-refractivity contribution in [2.24, 2.45) is 0 Å². The molecular weight excluding hydrogens is 260 g/mol. The van der Waals surface area contributed by atoms with Crippen LogP contribution in [0.4, 0.5) is 0 Å². The Hall–Kier alpha value is -2.86. The Bertz CT molecular complexity index is 840. The smallest absolute Gasteiger partial charge is 0.166 e. The molecule has 0 saturated heterocycles. The minimum absolute atomic E-state index is 0.00457. The Kier molecular flexibility index (Phi) is 3.53. The van der Waals surface area contributed by atoms with Gasteiger partial charge >= 0.3 is 0 Å². The lowest BCUT2D eigenvalue weighted by molar-refractivity contribution is 0.0984. The van der Waals surface area contributed by atoms with E-state index in [0.29, 0.717) is 5.56 Å². The summed E-state index contributed by atoms with van der Waals surface area (Å²) in [7, 11) is 0. The minimum atomic E-state index is 0.00457. The van der Waals surface area contributed by atoms with Gasteiger partial charge in [0, 0.05) is 24.6 Å². The van der Waals surface area contributed by atoms with Crippen molar-refractivity contribution in [1.29, 1.82) is 5.26 Å². The summed E-state index contributed by atoms with van der Waals surface area (Å²) in [6.45, 7) is 0. The quantitative estimate of drug-likeness (QED) is 0.672. The number of para-hydroxylation sites is 2. The molecule has 2 aromatic carbocycles. The number of ketones is 1. The third-order valence-corrected chi connectivity index (χ3v) is 3.53. The van der Waals surface area contributed by atoms with Gasteiger partial charge in [-0.15, -0.1) is 0 Å². The monoisotopic (exact) mass is 274 g/mol. The number of fused-ring (bicyclic) bond motifs is 1. The van der Waals surface area contributed by atoms with Crippen LogP contribution in [0.3, 0.4) is 0 Å². The van der Waals surface area contributed by atoms with E-state index >= 15 is 0 Å². The van der Waals surface area contributed by atoms with Gasteiger partial charge in [-0.2, -0.15) is 5.26 Å².